The number of aryl methyl sites for hydroxylation is 1. The number of nitrogens with zero attached hydrogens (tertiary/aromatic N) is 1. The van der Waals surface area contributed by atoms with Gasteiger partial charge in [-0.05, 0) is 37.3 Å². The Morgan fingerprint density at radius 1 is 1.14 bits per heavy atom. The van der Waals surface area contributed by atoms with Gasteiger partial charge < -0.3 is 5.32 Å². The van der Waals surface area contributed by atoms with Gasteiger partial charge in [-0.25, -0.2) is 18.2 Å². The zero-order valence-corrected chi connectivity index (χ0v) is 12.1. The van der Waals surface area contributed by atoms with E-state index in [0.717, 1.165) is 21.3 Å². The van der Waals surface area contributed by atoms with Crippen LogP contribution in [0.1, 0.15) is 15.4 Å². The number of carbonyl (C=O) groups is 1. The number of nitrogens with one attached hydrogen (secondary N) is 1. The van der Waals surface area contributed by atoms with E-state index in [4.69, 9.17) is 0 Å². The molecule has 0 spiro atoms. The standard InChI is InChI=1S/C15H9F3N2OS/c1-7-19-11-5-2-8(6-12(11)22-7)20-15(21)9-3-4-10(16)14(18)13(9)17/h2-6H,1H3,(H,20,21). The molecule has 22 heavy (non-hydrogen) atoms. The first kappa shape index (κ1) is 14.5. The van der Waals surface area contributed by atoms with Gasteiger partial charge in [-0.2, -0.15) is 0 Å². The summed E-state index contributed by atoms with van der Waals surface area (Å²) >= 11 is 1.45. The predicted octanol–water partition coefficient (Wildman–Crippen LogP) is 4.27. The van der Waals surface area contributed by atoms with E-state index in [1.807, 2.05) is 6.92 Å². The molecule has 3 rings (SSSR count). The molecule has 2 aromatic carbocycles. The lowest BCUT2D eigenvalue weighted by Crippen LogP contribution is -2.15. The van der Waals surface area contributed by atoms with Crippen LogP contribution in [0.4, 0.5) is 18.9 Å². The van der Waals surface area contributed by atoms with Crippen LogP contribution in [0.15, 0.2) is 30.3 Å². The lowest BCUT2D eigenvalue weighted by atomic mass is 10.1. The second kappa shape index (κ2) is 5.42. The van der Waals surface area contributed by atoms with Crippen LogP contribution in [-0.4, -0.2) is 10.9 Å². The van der Waals surface area contributed by atoms with Gasteiger partial charge in [0.1, 0.15) is 0 Å². The predicted molar refractivity (Wildman–Crippen MR) is 78.6 cm³/mol. The largest absolute Gasteiger partial charge is 0.322 e. The molecule has 0 saturated carbocycles. The number of aromatic nitrogens is 1. The van der Waals surface area contributed by atoms with Crippen molar-refractivity contribution in [2.45, 2.75) is 6.92 Å². The van der Waals surface area contributed by atoms with Crippen molar-refractivity contribution in [2.75, 3.05) is 5.32 Å². The van der Waals surface area contributed by atoms with Crippen LogP contribution in [0.3, 0.4) is 0 Å². The molecule has 1 N–H and O–H groups in total. The smallest absolute Gasteiger partial charge is 0.258 e. The Hall–Kier alpha value is -2.41. The highest BCUT2D eigenvalue weighted by Crippen LogP contribution is 2.25. The van der Waals surface area contributed by atoms with E-state index in [9.17, 15) is 18.0 Å². The van der Waals surface area contributed by atoms with Gasteiger partial charge in [-0.15, -0.1) is 11.3 Å². The highest BCUT2D eigenvalue weighted by molar-refractivity contribution is 7.18. The summed E-state index contributed by atoms with van der Waals surface area (Å²) in [6.45, 7) is 1.86. The zero-order valence-electron chi connectivity index (χ0n) is 11.3. The van der Waals surface area contributed by atoms with Gasteiger partial charge in [0.15, 0.2) is 17.5 Å². The number of hydrogen-bond donors (Lipinski definition) is 1. The molecule has 0 aliphatic rings. The number of amides is 1. The van der Waals surface area contributed by atoms with Crippen molar-refractivity contribution in [3.05, 3.63) is 58.4 Å². The average molecular weight is 322 g/mol. The second-order valence-electron chi connectivity index (χ2n) is 4.59. The van der Waals surface area contributed by atoms with Crippen LogP contribution in [0, 0.1) is 24.4 Å². The second-order valence-corrected chi connectivity index (χ2v) is 5.83. The first-order valence-electron chi connectivity index (χ1n) is 6.28. The highest BCUT2D eigenvalue weighted by atomic mass is 32.1. The molecule has 0 aliphatic heterocycles. The summed E-state index contributed by atoms with van der Waals surface area (Å²) in [6, 6.07) is 6.63. The molecule has 0 fully saturated rings. The molecule has 0 unspecified atom stereocenters. The third kappa shape index (κ3) is 2.55. The Bertz CT molecular complexity index is 892. The van der Waals surface area contributed by atoms with Crippen LogP contribution in [0.5, 0.6) is 0 Å². The first-order valence-corrected chi connectivity index (χ1v) is 7.09. The minimum Gasteiger partial charge on any atom is -0.322 e. The summed E-state index contributed by atoms with van der Waals surface area (Å²) in [4.78, 5) is 16.3. The van der Waals surface area contributed by atoms with Crippen molar-refractivity contribution < 1.29 is 18.0 Å². The van der Waals surface area contributed by atoms with Crippen LogP contribution in [0.2, 0.25) is 0 Å². The number of fused-ring (bicyclic) bond motifs is 1. The third-order valence-electron chi connectivity index (χ3n) is 3.03. The van der Waals surface area contributed by atoms with Crippen LogP contribution >= 0.6 is 11.3 Å². The average Bonchev–Trinajstić information content (AvgIpc) is 2.84. The summed E-state index contributed by atoms with van der Waals surface area (Å²) < 4.78 is 40.5. The Labute approximate surface area is 127 Å². The molecule has 0 atom stereocenters. The maximum Gasteiger partial charge on any atom is 0.258 e. The maximum absolute atomic E-state index is 13.6. The van der Waals surface area contributed by atoms with Gasteiger partial charge in [0, 0.05) is 5.69 Å². The van der Waals surface area contributed by atoms with E-state index in [1.54, 1.807) is 18.2 Å². The quantitative estimate of drug-likeness (QED) is 0.716. The van der Waals surface area contributed by atoms with Gasteiger partial charge >= 0.3 is 0 Å². The number of carbonyl (C=O) groups excluding carboxylic acids is 1. The Morgan fingerprint density at radius 2 is 1.91 bits per heavy atom. The summed E-state index contributed by atoms with van der Waals surface area (Å²) in [5.41, 5.74) is 0.657. The van der Waals surface area contributed by atoms with Crippen molar-refractivity contribution in [1.29, 1.82) is 0 Å². The summed E-state index contributed by atoms with van der Waals surface area (Å²) in [5, 5.41) is 3.34. The number of benzene rings is 2. The molecule has 112 valence electrons. The van der Waals surface area contributed by atoms with E-state index in [2.05, 4.69) is 10.3 Å². The van der Waals surface area contributed by atoms with Crippen LogP contribution < -0.4 is 5.32 Å². The summed E-state index contributed by atoms with van der Waals surface area (Å²) in [5.74, 6) is -5.36. The fraction of sp³-hybridized carbons (Fsp3) is 0.0667. The van der Waals surface area contributed by atoms with Gasteiger partial charge in [0.2, 0.25) is 0 Å². The molecule has 7 heteroatoms. The zero-order chi connectivity index (χ0) is 15.9. The molecule has 1 heterocycles. The van der Waals surface area contributed by atoms with Gasteiger partial charge in [-0.3, -0.25) is 4.79 Å². The normalized spacial score (nSPS) is 10.9. The lowest BCUT2D eigenvalue weighted by molar-refractivity contribution is 0.102. The number of halogens is 3. The van der Waals surface area contributed by atoms with Gasteiger partial charge in [-0.1, -0.05) is 0 Å². The lowest BCUT2D eigenvalue weighted by Gasteiger charge is -2.07. The van der Waals surface area contributed by atoms with Crippen molar-refractivity contribution in [3.8, 4) is 0 Å². The minimum absolute atomic E-state index is 0.422. The molecule has 0 bridgehead atoms. The topological polar surface area (TPSA) is 42.0 Å². The molecule has 3 nitrogen and oxygen atoms in total. The van der Waals surface area contributed by atoms with E-state index >= 15 is 0 Å². The number of thiazole rings is 1. The molecule has 0 radical (unpaired) electrons. The molecule has 3 aromatic rings. The SMILES string of the molecule is Cc1nc2ccc(NC(=O)c3ccc(F)c(F)c3F)cc2s1. The number of anilines is 1. The van der Waals surface area contributed by atoms with Crippen molar-refractivity contribution >= 4 is 33.1 Å². The van der Waals surface area contributed by atoms with Crippen molar-refractivity contribution in [2.24, 2.45) is 0 Å². The summed E-state index contributed by atoms with van der Waals surface area (Å²) in [6.07, 6.45) is 0. The highest BCUT2D eigenvalue weighted by Gasteiger charge is 2.19. The molecular weight excluding hydrogens is 313 g/mol. The first-order chi connectivity index (χ1) is 10.5. The van der Waals surface area contributed by atoms with E-state index in [1.165, 1.54) is 11.3 Å². The monoisotopic (exact) mass is 322 g/mol. The van der Waals surface area contributed by atoms with E-state index < -0.39 is 28.9 Å². The summed E-state index contributed by atoms with van der Waals surface area (Å²) in [7, 11) is 0. The molecular formula is C15H9F3N2OS. The van der Waals surface area contributed by atoms with Gasteiger partial charge in [0.25, 0.3) is 5.91 Å². The minimum atomic E-state index is -1.67. The van der Waals surface area contributed by atoms with Crippen molar-refractivity contribution in [3.63, 3.8) is 0 Å². The Morgan fingerprint density at radius 3 is 2.68 bits per heavy atom. The van der Waals surface area contributed by atoms with Crippen molar-refractivity contribution in [1.82, 2.24) is 4.98 Å². The fourth-order valence-electron chi connectivity index (χ4n) is 2.02. The van der Waals surface area contributed by atoms with Crippen LogP contribution in [-0.2, 0) is 0 Å². The fourth-order valence-corrected chi connectivity index (χ4v) is 2.88. The third-order valence-corrected chi connectivity index (χ3v) is 3.97. The van der Waals surface area contributed by atoms with E-state index in [-0.39, 0.29) is 0 Å². The van der Waals surface area contributed by atoms with E-state index in [0.29, 0.717) is 11.8 Å². The number of hydrogen-bond acceptors (Lipinski definition) is 3. The Kier molecular flexibility index (Phi) is 3.58. The van der Waals surface area contributed by atoms with Gasteiger partial charge in [0.05, 0.1) is 20.8 Å². The molecule has 1 aromatic heterocycles. The molecule has 1 amide bonds. The van der Waals surface area contributed by atoms with Crippen LogP contribution in [0.25, 0.3) is 10.2 Å². The Balaban J connectivity index is 1.91. The maximum atomic E-state index is 13.6. The molecule has 0 saturated heterocycles. The number of rotatable bonds is 2. The molecule has 0 aliphatic carbocycles.